The van der Waals surface area contributed by atoms with E-state index in [9.17, 15) is 4.79 Å². The fraction of sp³-hybridized carbons (Fsp3) is 0.923. The monoisotopic (exact) mass is 256 g/mol. The van der Waals surface area contributed by atoms with E-state index >= 15 is 0 Å². The van der Waals surface area contributed by atoms with Crippen molar-refractivity contribution in [3.63, 3.8) is 0 Å². The molecule has 0 aromatic carbocycles. The van der Waals surface area contributed by atoms with Crippen LogP contribution < -0.4 is 0 Å². The van der Waals surface area contributed by atoms with Gasteiger partial charge in [-0.15, -0.1) is 0 Å². The Morgan fingerprint density at radius 1 is 1.22 bits per heavy atom. The molecule has 2 aliphatic rings. The van der Waals surface area contributed by atoms with E-state index in [0.717, 1.165) is 39.3 Å². The van der Waals surface area contributed by atoms with E-state index in [1.165, 1.54) is 25.7 Å². The van der Waals surface area contributed by atoms with Gasteiger partial charge in [0.15, 0.2) is 0 Å². The number of carboxylic acid groups (broad SMARTS) is 1. The van der Waals surface area contributed by atoms with Gasteiger partial charge in [-0.25, -0.2) is 0 Å². The first kappa shape index (κ1) is 13.8. The zero-order valence-electron chi connectivity index (χ0n) is 11.0. The molecule has 1 N–H and O–H groups in total. The van der Waals surface area contributed by atoms with Gasteiger partial charge in [0.2, 0.25) is 0 Å². The van der Waals surface area contributed by atoms with Gasteiger partial charge in [0, 0.05) is 32.8 Å². The molecular weight excluding hydrogens is 232 g/mol. The van der Waals surface area contributed by atoms with E-state index in [0.29, 0.717) is 6.10 Å². The average Bonchev–Trinajstić information content (AvgIpc) is 2.84. The van der Waals surface area contributed by atoms with Crippen LogP contribution in [0.3, 0.4) is 0 Å². The number of piperazine rings is 1. The van der Waals surface area contributed by atoms with Gasteiger partial charge in [0.1, 0.15) is 0 Å². The zero-order valence-corrected chi connectivity index (χ0v) is 11.0. The van der Waals surface area contributed by atoms with Crippen molar-refractivity contribution in [1.82, 2.24) is 9.80 Å². The minimum atomic E-state index is -0.721. The Balaban J connectivity index is 1.54. The minimum absolute atomic E-state index is 0.184. The van der Waals surface area contributed by atoms with Gasteiger partial charge in [-0.2, -0.15) is 0 Å². The van der Waals surface area contributed by atoms with Gasteiger partial charge < -0.3 is 14.7 Å². The molecule has 0 radical (unpaired) electrons. The number of rotatable bonds is 6. The SMILES string of the molecule is O=C(O)CN1CCN(CCCC2CCCO2)CC1. The highest BCUT2D eigenvalue weighted by Crippen LogP contribution is 2.17. The van der Waals surface area contributed by atoms with Crippen molar-refractivity contribution < 1.29 is 14.6 Å². The topological polar surface area (TPSA) is 53.0 Å². The highest BCUT2D eigenvalue weighted by atomic mass is 16.5. The van der Waals surface area contributed by atoms with Crippen LogP contribution in [-0.2, 0) is 9.53 Å². The van der Waals surface area contributed by atoms with Gasteiger partial charge in [-0.3, -0.25) is 9.69 Å². The number of hydrogen-bond donors (Lipinski definition) is 1. The third-order valence-electron chi connectivity index (χ3n) is 3.85. The molecule has 0 aromatic rings. The molecule has 2 saturated heterocycles. The van der Waals surface area contributed by atoms with E-state index in [1.54, 1.807) is 0 Å². The second kappa shape index (κ2) is 7.07. The summed E-state index contributed by atoms with van der Waals surface area (Å²) >= 11 is 0. The third-order valence-corrected chi connectivity index (χ3v) is 3.85. The molecule has 0 bridgehead atoms. The normalized spacial score (nSPS) is 26.6. The molecule has 0 spiro atoms. The molecule has 1 atom stereocenters. The van der Waals surface area contributed by atoms with Gasteiger partial charge in [-0.05, 0) is 32.2 Å². The van der Waals surface area contributed by atoms with Crippen molar-refractivity contribution in [2.45, 2.75) is 31.8 Å². The van der Waals surface area contributed by atoms with Crippen LogP contribution in [0.1, 0.15) is 25.7 Å². The second-order valence-electron chi connectivity index (χ2n) is 5.29. The van der Waals surface area contributed by atoms with Crippen molar-refractivity contribution in [2.75, 3.05) is 45.9 Å². The lowest BCUT2D eigenvalue weighted by atomic mass is 10.1. The summed E-state index contributed by atoms with van der Waals surface area (Å²) < 4.78 is 5.61. The molecule has 5 heteroatoms. The maximum absolute atomic E-state index is 10.6. The number of carbonyl (C=O) groups is 1. The first-order valence-electron chi connectivity index (χ1n) is 7.02. The fourth-order valence-corrected chi connectivity index (χ4v) is 2.78. The van der Waals surface area contributed by atoms with Crippen LogP contribution in [0.4, 0.5) is 0 Å². The van der Waals surface area contributed by atoms with Crippen LogP contribution >= 0.6 is 0 Å². The molecule has 1 unspecified atom stereocenters. The van der Waals surface area contributed by atoms with Crippen molar-refractivity contribution in [3.05, 3.63) is 0 Å². The summed E-state index contributed by atoms with van der Waals surface area (Å²) in [7, 11) is 0. The van der Waals surface area contributed by atoms with Gasteiger partial charge >= 0.3 is 5.97 Å². The molecule has 18 heavy (non-hydrogen) atoms. The lowest BCUT2D eigenvalue weighted by Gasteiger charge is -2.33. The summed E-state index contributed by atoms with van der Waals surface area (Å²) in [5.41, 5.74) is 0. The van der Waals surface area contributed by atoms with Crippen LogP contribution in [-0.4, -0.2) is 72.9 Å². The Morgan fingerprint density at radius 2 is 1.94 bits per heavy atom. The summed E-state index contributed by atoms with van der Waals surface area (Å²) in [6.45, 7) is 6.01. The van der Waals surface area contributed by atoms with Gasteiger partial charge in [-0.1, -0.05) is 0 Å². The molecule has 2 heterocycles. The highest BCUT2D eigenvalue weighted by Gasteiger charge is 2.19. The number of ether oxygens (including phenoxy) is 1. The maximum atomic E-state index is 10.6. The molecule has 2 aliphatic heterocycles. The van der Waals surface area contributed by atoms with Crippen LogP contribution in [0.25, 0.3) is 0 Å². The first-order chi connectivity index (χ1) is 8.74. The number of carboxylic acids is 1. The molecule has 0 aliphatic carbocycles. The molecule has 0 saturated carbocycles. The lowest BCUT2D eigenvalue weighted by Crippen LogP contribution is -2.48. The van der Waals surface area contributed by atoms with E-state index in [2.05, 4.69) is 4.90 Å². The molecule has 2 rings (SSSR count). The lowest BCUT2D eigenvalue weighted by molar-refractivity contribution is -0.138. The molecule has 2 fully saturated rings. The largest absolute Gasteiger partial charge is 0.480 e. The standard InChI is InChI=1S/C13H24N2O3/c16-13(17)11-15-8-6-14(7-9-15)5-1-3-12-4-2-10-18-12/h12H,1-11H2,(H,16,17). The summed E-state index contributed by atoms with van der Waals surface area (Å²) in [4.78, 5) is 15.0. The van der Waals surface area contributed by atoms with Crippen molar-refractivity contribution >= 4 is 5.97 Å². The molecule has 0 amide bonds. The quantitative estimate of drug-likeness (QED) is 0.756. The summed E-state index contributed by atoms with van der Waals surface area (Å²) in [6.07, 6.45) is 5.32. The molecular formula is C13H24N2O3. The number of hydrogen-bond acceptors (Lipinski definition) is 4. The molecule has 0 aromatic heterocycles. The molecule has 5 nitrogen and oxygen atoms in total. The van der Waals surface area contributed by atoms with E-state index in [4.69, 9.17) is 9.84 Å². The minimum Gasteiger partial charge on any atom is -0.480 e. The number of aliphatic carboxylic acids is 1. The number of nitrogens with zero attached hydrogens (tertiary/aromatic N) is 2. The second-order valence-corrected chi connectivity index (χ2v) is 5.29. The van der Waals surface area contributed by atoms with E-state index in [-0.39, 0.29) is 6.54 Å². The maximum Gasteiger partial charge on any atom is 0.317 e. The third kappa shape index (κ3) is 4.55. The predicted octanol–water partition coefficient (Wildman–Crippen LogP) is 0.648. The van der Waals surface area contributed by atoms with Crippen molar-refractivity contribution in [3.8, 4) is 0 Å². The Hall–Kier alpha value is -0.650. The predicted molar refractivity (Wildman–Crippen MR) is 68.7 cm³/mol. The van der Waals surface area contributed by atoms with Gasteiger partial charge in [0.05, 0.1) is 12.6 Å². The summed E-state index contributed by atoms with van der Waals surface area (Å²) in [5.74, 6) is -0.721. The van der Waals surface area contributed by atoms with Crippen LogP contribution in [0, 0.1) is 0 Å². The Kier molecular flexibility index (Phi) is 5.41. The van der Waals surface area contributed by atoms with E-state index in [1.807, 2.05) is 4.90 Å². The average molecular weight is 256 g/mol. The fourth-order valence-electron chi connectivity index (χ4n) is 2.78. The van der Waals surface area contributed by atoms with Crippen LogP contribution in [0.2, 0.25) is 0 Å². The van der Waals surface area contributed by atoms with Crippen LogP contribution in [0.5, 0.6) is 0 Å². The summed E-state index contributed by atoms with van der Waals surface area (Å²) in [6, 6.07) is 0. The Labute approximate surface area is 109 Å². The Morgan fingerprint density at radius 3 is 2.56 bits per heavy atom. The Bertz CT molecular complexity index is 259. The zero-order chi connectivity index (χ0) is 12.8. The highest BCUT2D eigenvalue weighted by molar-refractivity contribution is 5.69. The van der Waals surface area contributed by atoms with Crippen molar-refractivity contribution in [2.24, 2.45) is 0 Å². The summed E-state index contributed by atoms with van der Waals surface area (Å²) in [5, 5.41) is 8.73. The first-order valence-corrected chi connectivity index (χ1v) is 7.02. The van der Waals surface area contributed by atoms with Gasteiger partial charge in [0.25, 0.3) is 0 Å². The van der Waals surface area contributed by atoms with Crippen LogP contribution in [0.15, 0.2) is 0 Å². The van der Waals surface area contributed by atoms with Crippen molar-refractivity contribution in [1.29, 1.82) is 0 Å². The smallest absolute Gasteiger partial charge is 0.317 e. The molecule has 104 valence electrons. The van der Waals surface area contributed by atoms with E-state index < -0.39 is 5.97 Å².